The summed E-state index contributed by atoms with van der Waals surface area (Å²) in [5.41, 5.74) is 1.25. The number of aromatic nitrogens is 2. The molecular weight excluding hydrogens is 234 g/mol. The Kier molecular flexibility index (Phi) is 7.80. The smallest absolute Gasteiger partial charge is 0.0624 e. The van der Waals surface area contributed by atoms with Crippen molar-refractivity contribution in [1.82, 2.24) is 15.1 Å². The second kappa shape index (κ2) is 9.13. The molecule has 0 saturated heterocycles. The van der Waals surface area contributed by atoms with Crippen molar-refractivity contribution in [2.24, 2.45) is 0 Å². The summed E-state index contributed by atoms with van der Waals surface area (Å²) < 4.78 is 2.15. The molecule has 0 aliphatic carbocycles. The van der Waals surface area contributed by atoms with E-state index in [0.29, 0.717) is 12.1 Å². The van der Waals surface area contributed by atoms with Crippen LogP contribution in [0.5, 0.6) is 0 Å². The Hall–Kier alpha value is -0.830. The van der Waals surface area contributed by atoms with Crippen molar-refractivity contribution < 1.29 is 0 Å². The first-order valence-electron chi connectivity index (χ1n) is 7.96. The Morgan fingerprint density at radius 3 is 2.53 bits per heavy atom. The number of nitrogens with zero attached hydrogens (tertiary/aromatic N) is 2. The van der Waals surface area contributed by atoms with Gasteiger partial charge in [0, 0.05) is 12.2 Å². The van der Waals surface area contributed by atoms with Crippen LogP contribution in [0.15, 0.2) is 12.3 Å². The van der Waals surface area contributed by atoms with Gasteiger partial charge < -0.3 is 5.32 Å². The van der Waals surface area contributed by atoms with Gasteiger partial charge in [0.05, 0.1) is 11.7 Å². The van der Waals surface area contributed by atoms with Crippen LogP contribution in [0.2, 0.25) is 0 Å². The number of nitrogens with one attached hydrogen (secondary N) is 1. The van der Waals surface area contributed by atoms with Gasteiger partial charge in [-0.25, -0.2) is 0 Å². The third-order valence-corrected chi connectivity index (χ3v) is 4.01. The van der Waals surface area contributed by atoms with Gasteiger partial charge in [-0.1, -0.05) is 27.2 Å². The molecule has 1 heterocycles. The Bertz CT molecular complexity index is 328. The molecule has 1 aromatic rings. The predicted molar refractivity (Wildman–Crippen MR) is 82.5 cm³/mol. The second-order valence-electron chi connectivity index (χ2n) is 5.42. The Morgan fingerprint density at radius 1 is 1.21 bits per heavy atom. The molecule has 1 rings (SSSR count). The first-order chi connectivity index (χ1) is 9.24. The van der Waals surface area contributed by atoms with Gasteiger partial charge in [0.15, 0.2) is 0 Å². The molecule has 19 heavy (non-hydrogen) atoms. The molecule has 0 amide bonds. The first-order valence-corrected chi connectivity index (χ1v) is 7.96. The van der Waals surface area contributed by atoms with E-state index in [-0.39, 0.29) is 0 Å². The van der Waals surface area contributed by atoms with E-state index in [1.807, 2.05) is 0 Å². The maximum atomic E-state index is 4.72. The number of rotatable bonds is 10. The van der Waals surface area contributed by atoms with Crippen LogP contribution in [-0.4, -0.2) is 22.9 Å². The molecular formula is C16H31N3. The van der Waals surface area contributed by atoms with Gasteiger partial charge in [-0.05, 0) is 51.6 Å². The molecule has 1 aromatic heterocycles. The van der Waals surface area contributed by atoms with Crippen LogP contribution in [0.25, 0.3) is 0 Å². The van der Waals surface area contributed by atoms with Gasteiger partial charge in [0.25, 0.3) is 0 Å². The second-order valence-corrected chi connectivity index (χ2v) is 5.42. The summed E-state index contributed by atoms with van der Waals surface area (Å²) in [6.07, 6.45) is 10.6. The van der Waals surface area contributed by atoms with Crippen LogP contribution in [0.4, 0.5) is 0 Å². The molecule has 0 aliphatic rings. The average Bonchev–Trinajstić information content (AvgIpc) is 2.88. The van der Waals surface area contributed by atoms with Gasteiger partial charge in [-0.15, -0.1) is 0 Å². The van der Waals surface area contributed by atoms with E-state index in [9.17, 15) is 0 Å². The highest BCUT2D eigenvalue weighted by molar-refractivity contribution is 5.00. The fourth-order valence-electron chi connectivity index (χ4n) is 2.69. The van der Waals surface area contributed by atoms with Crippen LogP contribution in [0.1, 0.15) is 71.0 Å². The third-order valence-electron chi connectivity index (χ3n) is 4.01. The molecule has 0 bridgehead atoms. The Labute approximate surface area is 118 Å². The number of hydrogen-bond acceptors (Lipinski definition) is 2. The van der Waals surface area contributed by atoms with Gasteiger partial charge in [0.1, 0.15) is 0 Å². The summed E-state index contributed by atoms with van der Waals surface area (Å²) in [5, 5.41) is 8.12. The highest BCUT2D eigenvalue weighted by atomic mass is 15.3. The molecule has 0 fully saturated rings. The first kappa shape index (κ1) is 16.2. The SMILES string of the molecule is CCCC(CCCc1ccn(C(CC)CC)n1)NC. The zero-order valence-electron chi connectivity index (χ0n) is 13.2. The van der Waals surface area contributed by atoms with E-state index in [2.05, 4.69) is 50.1 Å². The van der Waals surface area contributed by atoms with Gasteiger partial charge in [0.2, 0.25) is 0 Å². The third kappa shape index (κ3) is 5.35. The van der Waals surface area contributed by atoms with Gasteiger partial charge in [-0.3, -0.25) is 4.68 Å². The van der Waals surface area contributed by atoms with Crippen molar-refractivity contribution in [1.29, 1.82) is 0 Å². The minimum Gasteiger partial charge on any atom is -0.317 e. The Morgan fingerprint density at radius 2 is 1.95 bits per heavy atom. The monoisotopic (exact) mass is 265 g/mol. The summed E-state index contributed by atoms with van der Waals surface area (Å²) in [5.74, 6) is 0. The zero-order valence-corrected chi connectivity index (χ0v) is 13.2. The lowest BCUT2D eigenvalue weighted by Crippen LogP contribution is -2.24. The lowest BCUT2D eigenvalue weighted by atomic mass is 10.0. The summed E-state index contributed by atoms with van der Waals surface area (Å²) >= 11 is 0. The molecule has 1 atom stereocenters. The van der Waals surface area contributed by atoms with Crippen molar-refractivity contribution in [3.8, 4) is 0 Å². The van der Waals surface area contributed by atoms with Crippen molar-refractivity contribution >= 4 is 0 Å². The van der Waals surface area contributed by atoms with Crippen molar-refractivity contribution in [3.63, 3.8) is 0 Å². The molecule has 110 valence electrons. The molecule has 1 unspecified atom stereocenters. The van der Waals surface area contributed by atoms with Crippen molar-refractivity contribution in [2.45, 2.75) is 77.8 Å². The van der Waals surface area contributed by atoms with E-state index >= 15 is 0 Å². The van der Waals surface area contributed by atoms with Crippen LogP contribution < -0.4 is 5.32 Å². The molecule has 0 radical (unpaired) electrons. The van der Waals surface area contributed by atoms with Crippen LogP contribution in [-0.2, 0) is 6.42 Å². The summed E-state index contributed by atoms with van der Waals surface area (Å²) in [6.45, 7) is 6.72. The van der Waals surface area contributed by atoms with Crippen molar-refractivity contribution in [2.75, 3.05) is 7.05 Å². The molecule has 3 heteroatoms. The number of aryl methyl sites for hydroxylation is 1. The topological polar surface area (TPSA) is 29.9 Å². The highest BCUT2D eigenvalue weighted by Crippen LogP contribution is 2.15. The van der Waals surface area contributed by atoms with E-state index in [1.165, 1.54) is 31.4 Å². The van der Waals surface area contributed by atoms with Crippen LogP contribution in [0, 0.1) is 0 Å². The van der Waals surface area contributed by atoms with E-state index in [1.54, 1.807) is 0 Å². The molecule has 3 nitrogen and oxygen atoms in total. The van der Waals surface area contributed by atoms with Crippen LogP contribution in [0.3, 0.4) is 0 Å². The number of hydrogen-bond donors (Lipinski definition) is 1. The van der Waals surface area contributed by atoms with E-state index < -0.39 is 0 Å². The maximum Gasteiger partial charge on any atom is 0.0624 e. The fraction of sp³-hybridized carbons (Fsp3) is 0.812. The van der Waals surface area contributed by atoms with Gasteiger partial charge >= 0.3 is 0 Å². The van der Waals surface area contributed by atoms with E-state index in [0.717, 1.165) is 19.3 Å². The predicted octanol–water partition coefficient (Wildman–Crippen LogP) is 3.96. The Balaban J connectivity index is 2.37. The summed E-state index contributed by atoms with van der Waals surface area (Å²) in [7, 11) is 2.07. The molecule has 0 saturated carbocycles. The average molecular weight is 265 g/mol. The van der Waals surface area contributed by atoms with Gasteiger partial charge in [-0.2, -0.15) is 5.10 Å². The fourth-order valence-corrected chi connectivity index (χ4v) is 2.69. The standard InChI is InChI=1S/C16H31N3/c1-5-9-14(17-4)10-8-11-15-12-13-19(18-15)16(6-2)7-3/h12-14,16-17H,5-11H2,1-4H3. The summed E-state index contributed by atoms with van der Waals surface area (Å²) in [4.78, 5) is 0. The lowest BCUT2D eigenvalue weighted by molar-refractivity contribution is 0.423. The molecule has 0 spiro atoms. The highest BCUT2D eigenvalue weighted by Gasteiger charge is 2.09. The summed E-state index contributed by atoms with van der Waals surface area (Å²) in [6, 6.07) is 3.43. The zero-order chi connectivity index (χ0) is 14.1. The molecule has 0 aromatic carbocycles. The van der Waals surface area contributed by atoms with E-state index in [4.69, 9.17) is 5.10 Å². The maximum absolute atomic E-state index is 4.72. The minimum atomic E-state index is 0.568. The van der Waals surface area contributed by atoms with Crippen LogP contribution >= 0.6 is 0 Å². The molecule has 1 N–H and O–H groups in total. The molecule has 0 aliphatic heterocycles. The quantitative estimate of drug-likeness (QED) is 0.694. The van der Waals surface area contributed by atoms with Crippen molar-refractivity contribution in [3.05, 3.63) is 18.0 Å². The lowest BCUT2D eigenvalue weighted by Gasteiger charge is -2.14. The minimum absolute atomic E-state index is 0.568. The largest absolute Gasteiger partial charge is 0.317 e. The normalized spacial score (nSPS) is 13.1.